The summed E-state index contributed by atoms with van der Waals surface area (Å²) in [6.07, 6.45) is 6.64. The Kier molecular flexibility index (Phi) is 5.71. The molecule has 1 heterocycles. The predicted molar refractivity (Wildman–Crippen MR) is 80.7 cm³/mol. The first-order valence-corrected chi connectivity index (χ1v) is 7.62. The monoisotopic (exact) mass is 261 g/mol. The maximum absolute atomic E-state index is 5.84. The van der Waals surface area contributed by atoms with Crippen molar-refractivity contribution in [3.63, 3.8) is 0 Å². The summed E-state index contributed by atoms with van der Waals surface area (Å²) in [5, 5.41) is 0. The van der Waals surface area contributed by atoms with Crippen molar-refractivity contribution < 1.29 is 4.74 Å². The van der Waals surface area contributed by atoms with Gasteiger partial charge >= 0.3 is 0 Å². The third kappa shape index (κ3) is 4.87. The van der Waals surface area contributed by atoms with Gasteiger partial charge in [0, 0.05) is 0 Å². The van der Waals surface area contributed by atoms with Crippen molar-refractivity contribution in [2.45, 2.75) is 39.0 Å². The lowest BCUT2D eigenvalue weighted by atomic mass is 9.92. The first-order chi connectivity index (χ1) is 9.25. The summed E-state index contributed by atoms with van der Waals surface area (Å²) in [5.41, 5.74) is 1.23. The van der Waals surface area contributed by atoms with Crippen LogP contribution in [-0.2, 0) is 0 Å². The van der Waals surface area contributed by atoms with E-state index in [2.05, 4.69) is 37.1 Å². The Morgan fingerprint density at radius 2 is 1.89 bits per heavy atom. The number of ether oxygens (including phenoxy) is 1. The molecule has 1 aliphatic rings. The summed E-state index contributed by atoms with van der Waals surface area (Å²) < 4.78 is 5.84. The zero-order valence-corrected chi connectivity index (χ0v) is 12.4. The lowest BCUT2D eigenvalue weighted by Crippen LogP contribution is -2.30. The third-order valence-electron chi connectivity index (χ3n) is 4.20. The van der Waals surface area contributed by atoms with Crippen molar-refractivity contribution in [1.29, 1.82) is 0 Å². The van der Waals surface area contributed by atoms with Crippen molar-refractivity contribution in [3.8, 4) is 5.75 Å². The van der Waals surface area contributed by atoms with E-state index in [0.717, 1.165) is 18.3 Å². The topological polar surface area (TPSA) is 12.5 Å². The van der Waals surface area contributed by atoms with Crippen LogP contribution in [0.2, 0.25) is 0 Å². The fourth-order valence-electron chi connectivity index (χ4n) is 2.79. The van der Waals surface area contributed by atoms with Crippen molar-refractivity contribution in [2.75, 3.05) is 26.7 Å². The molecule has 1 aromatic rings. The molecular formula is C17H27NO. The van der Waals surface area contributed by atoms with Gasteiger partial charge in [-0.1, -0.05) is 24.6 Å². The molecule has 0 saturated carbocycles. The molecule has 2 heteroatoms. The summed E-state index contributed by atoms with van der Waals surface area (Å²) in [4.78, 5) is 2.44. The lowest BCUT2D eigenvalue weighted by molar-refractivity contribution is 0.206. The van der Waals surface area contributed by atoms with Gasteiger partial charge in [-0.15, -0.1) is 0 Å². The second kappa shape index (κ2) is 7.54. The number of para-hydroxylation sites is 1. The van der Waals surface area contributed by atoms with Gasteiger partial charge in [0.05, 0.1) is 6.61 Å². The number of hydrogen-bond acceptors (Lipinski definition) is 2. The average molecular weight is 261 g/mol. The predicted octanol–water partition coefficient (Wildman–Crippen LogP) is 3.89. The van der Waals surface area contributed by atoms with Crippen LogP contribution in [0, 0.1) is 12.8 Å². The van der Waals surface area contributed by atoms with Crippen LogP contribution in [-0.4, -0.2) is 31.6 Å². The summed E-state index contributed by atoms with van der Waals surface area (Å²) >= 11 is 0. The van der Waals surface area contributed by atoms with Crippen molar-refractivity contribution in [2.24, 2.45) is 5.92 Å². The highest BCUT2D eigenvalue weighted by molar-refractivity contribution is 5.31. The van der Waals surface area contributed by atoms with Crippen LogP contribution in [0.5, 0.6) is 5.75 Å². The highest BCUT2D eigenvalue weighted by Gasteiger charge is 2.15. The number of rotatable bonds is 6. The molecule has 1 aromatic carbocycles. The quantitative estimate of drug-likeness (QED) is 0.720. The Bertz CT molecular complexity index is 369. The maximum Gasteiger partial charge on any atom is 0.122 e. The molecule has 106 valence electrons. The first kappa shape index (κ1) is 14.4. The van der Waals surface area contributed by atoms with Gasteiger partial charge in [-0.05, 0) is 70.3 Å². The van der Waals surface area contributed by atoms with Gasteiger partial charge in [0.2, 0.25) is 0 Å². The molecule has 19 heavy (non-hydrogen) atoms. The number of unbranched alkanes of at least 4 members (excludes halogenated alkanes) is 1. The van der Waals surface area contributed by atoms with Crippen molar-refractivity contribution >= 4 is 0 Å². The molecule has 0 amide bonds. The minimum atomic E-state index is 0.859. The molecule has 0 spiro atoms. The van der Waals surface area contributed by atoms with E-state index in [0.29, 0.717) is 0 Å². The van der Waals surface area contributed by atoms with E-state index < -0.39 is 0 Å². The molecule has 1 aliphatic heterocycles. The summed E-state index contributed by atoms with van der Waals surface area (Å²) in [6, 6.07) is 8.27. The van der Waals surface area contributed by atoms with Crippen molar-refractivity contribution in [1.82, 2.24) is 4.90 Å². The van der Waals surface area contributed by atoms with E-state index in [1.165, 1.54) is 50.8 Å². The van der Waals surface area contributed by atoms with Crippen LogP contribution in [0.25, 0.3) is 0 Å². The standard InChI is InChI=1S/C17H27NO/c1-15-7-3-4-9-17(15)19-14-6-5-8-16-10-12-18(2)13-11-16/h3-4,7,9,16H,5-6,8,10-14H2,1-2H3. The fraction of sp³-hybridized carbons (Fsp3) is 0.647. The third-order valence-corrected chi connectivity index (χ3v) is 4.20. The first-order valence-electron chi connectivity index (χ1n) is 7.62. The second-order valence-corrected chi connectivity index (χ2v) is 5.86. The van der Waals surface area contributed by atoms with Gasteiger partial charge in [0.1, 0.15) is 5.75 Å². The molecule has 2 nitrogen and oxygen atoms in total. The van der Waals surface area contributed by atoms with Gasteiger partial charge in [-0.2, -0.15) is 0 Å². The molecule has 0 aliphatic carbocycles. The zero-order chi connectivity index (χ0) is 13.5. The van der Waals surface area contributed by atoms with Crippen LogP contribution in [0.4, 0.5) is 0 Å². The second-order valence-electron chi connectivity index (χ2n) is 5.86. The van der Waals surface area contributed by atoms with Gasteiger partial charge in [-0.3, -0.25) is 0 Å². The summed E-state index contributed by atoms with van der Waals surface area (Å²) in [6.45, 7) is 5.53. The van der Waals surface area contributed by atoms with E-state index >= 15 is 0 Å². The number of likely N-dealkylation sites (tertiary alicyclic amines) is 1. The Balaban J connectivity index is 1.56. The number of piperidine rings is 1. The molecule has 0 N–H and O–H groups in total. The Labute approximate surface area is 117 Å². The van der Waals surface area contributed by atoms with E-state index in [4.69, 9.17) is 4.74 Å². The van der Waals surface area contributed by atoms with Crippen LogP contribution >= 0.6 is 0 Å². The van der Waals surface area contributed by atoms with Gasteiger partial charge in [0.15, 0.2) is 0 Å². The minimum Gasteiger partial charge on any atom is -0.493 e. The summed E-state index contributed by atoms with van der Waals surface area (Å²) in [7, 11) is 2.23. The smallest absolute Gasteiger partial charge is 0.122 e. The van der Waals surface area contributed by atoms with Crippen LogP contribution < -0.4 is 4.74 Å². The molecule has 0 aromatic heterocycles. The normalized spacial score (nSPS) is 17.6. The average Bonchev–Trinajstić information content (AvgIpc) is 2.42. The molecular weight excluding hydrogens is 234 g/mol. The fourth-order valence-corrected chi connectivity index (χ4v) is 2.79. The Morgan fingerprint density at radius 3 is 2.63 bits per heavy atom. The zero-order valence-electron chi connectivity index (χ0n) is 12.4. The molecule has 0 atom stereocenters. The van der Waals surface area contributed by atoms with E-state index in [9.17, 15) is 0 Å². The SMILES string of the molecule is Cc1ccccc1OCCCCC1CCN(C)CC1. The minimum absolute atomic E-state index is 0.859. The van der Waals surface area contributed by atoms with E-state index in [1.54, 1.807) is 0 Å². The van der Waals surface area contributed by atoms with Gasteiger partial charge < -0.3 is 9.64 Å². The molecule has 2 rings (SSSR count). The van der Waals surface area contributed by atoms with Crippen LogP contribution in [0.3, 0.4) is 0 Å². The van der Waals surface area contributed by atoms with Crippen LogP contribution in [0.15, 0.2) is 24.3 Å². The van der Waals surface area contributed by atoms with E-state index in [1.807, 2.05) is 6.07 Å². The number of hydrogen-bond donors (Lipinski definition) is 0. The Morgan fingerprint density at radius 1 is 1.16 bits per heavy atom. The van der Waals surface area contributed by atoms with Gasteiger partial charge in [-0.25, -0.2) is 0 Å². The molecule has 0 unspecified atom stereocenters. The number of aryl methyl sites for hydroxylation is 1. The maximum atomic E-state index is 5.84. The lowest BCUT2D eigenvalue weighted by Gasteiger charge is -2.28. The molecule has 1 fully saturated rings. The molecule has 0 radical (unpaired) electrons. The van der Waals surface area contributed by atoms with Crippen LogP contribution in [0.1, 0.15) is 37.7 Å². The molecule has 0 bridgehead atoms. The van der Waals surface area contributed by atoms with Crippen molar-refractivity contribution in [3.05, 3.63) is 29.8 Å². The Hall–Kier alpha value is -1.02. The highest BCUT2D eigenvalue weighted by Crippen LogP contribution is 2.22. The summed E-state index contributed by atoms with van der Waals surface area (Å²) in [5.74, 6) is 2.00. The molecule has 1 saturated heterocycles. The number of nitrogens with zero attached hydrogens (tertiary/aromatic N) is 1. The number of benzene rings is 1. The largest absolute Gasteiger partial charge is 0.493 e. The van der Waals surface area contributed by atoms with E-state index in [-0.39, 0.29) is 0 Å². The van der Waals surface area contributed by atoms with Gasteiger partial charge in [0.25, 0.3) is 0 Å². The highest BCUT2D eigenvalue weighted by atomic mass is 16.5.